The van der Waals surface area contributed by atoms with Crippen molar-refractivity contribution in [1.29, 1.82) is 0 Å². The normalized spacial score (nSPS) is 15.9. The summed E-state index contributed by atoms with van der Waals surface area (Å²) >= 11 is 0. The third kappa shape index (κ3) is 4.22. The molecule has 0 amide bonds. The molecule has 0 aliphatic carbocycles. The van der Waals surface area contributed by atoms with Crippen molar-refractivity contribution >= 4 is 0 Å². The maximum absolute atomic E-state index is 5.41. The van der Waals surface area contributed by atoms with Gasteiger partial charge < -0.3 is 4.52 Å². The van der Waals surface area contributed by atoms with Gasteiger partial charge in [-0.15, -0.1) is 0 Å². The summed E-state index contributed by atoms with van der Waals surface area (Å²) in [5.74, 6) is 1.59. The molecule has 0 N–H and O–H groups in total. The van der Waals surface area contributed by atoms with Gasteiger partial charge in [-0.1, -0.05) is 36.3 Å². The Hall–Kier alpha value is -2.60. The van der Waals surface area contributed by atoms with Gasteiger partial charge in [0.1, 0.15) is 5.69 Å². The Morgan fingerprint density at radius 1 is 1.04 bits per heavy atom. The van der Waals surface area contributed by atoms with E-state index in [-0.39, 0.29) is 0 Å². The van der Waals surface area contributed by atoms with Crippen molar-refractivity contribution in [2.75, 3.05) is 13.1 Å². The zero-order valence-electron chi connectivity index (χ0n) is 15.9. The standard InChI is InChI=1S/C21H25N5O/c1-3-16-4-6-17(7-5-16)14-26-10-8-18(9-11-26)20-24-21(27-25-20)19-13-22-15(2)12-23-19/h4-7,12-13,18H,3,8-11,14H2,1-2H3. The van der Waals surface area contributed by atoms with Crippen LogP contribution in [-0.4, -0.2) is 38.1 Å². The predicted octanol–water partition coefficient (Wildman–Crippen LogP) is 3.78. The van der Waals surface area contributed by atoms with Crippen LogP contribution in [0.2, 0.25) is 0 Å². The highest BCUT2D eigenvalue weighted by Crippen LogP contribution is 2.28. The lowest BCUT2D eigenvalue weighted by molar-refractivity contribution is 0.200. The van der Waals surface area contributed by atoms with Gasteiger partial charge in [0.25, 0.3) is 5.89 Å². The van der Waals surface area contributed by atoms with E-state index < -0.39 is 0 Å². The highest BCUT2D eigenvalue weighted by atomic mass is 16.5. The van der Waals surface area contributed by atoms with Crippen LogP contribution < -0.4 is 0 Å². The molecule has 3 heterocycles. The van der Waals surface area contributed by atoms with E-state index in [0.29, 0.717) is 17.5 Å². The van der Waals surface area contributed by atoms with Crippen molar-refractivity contribution < 1.29 is 4.52 Å². The van der Waals surface area contributed by atoms with Crippen LogP contribution in [0.15, 0.2) is 41.2 Å². The van der Waals surface area contributed by atoms with Crippen LogP contribution in [-0.2, 0) is 13.0 Å². The van der Waals surface area contributed by atoms with Crippen LogP contribution in [0.4, 0.5) is 0 Å². The lowest BCUT2D eigenvalue weighted by Gasteiger charge is -2.30. The fourth-order valence-electron chi connectivity index (χ4n) is 3.50. The molecular formula is C21H25N5O. The largest absolute Gasteiger partial charge is 0.332 e. The Kier molecular flexibility index (Phi) is 5.25. The summed E-state index contributed by atoms with van der Waals surface area (Å²) in [4.78, 5) is 15.6. The molecule has 140 valence electrons. The lowest BCUT2D eigenvalue weighted by Crippen LogP contribution is -2.32. The summed E-state index contributed by atoms with van der Waals surface area (Å²) in [7, 11) is 0. The van der Waals surface area contributed by atoms with Gasteiger partial charge in [0.15, 0.2) is 5.82 Å². The summed E-state index contributed by atoms with van der Waals surface area (Å²) in [5.41, 5.74) is 4.27. The number of benzene rings is 1. The van der Waals surface area contributed by atoms with E-state index in [1.807, 2.05) is 6.92 Å². The van der Waals surface area contributed by atoms with Crippen molar-refractivity contribution in [1.82, 2.24) is 25.0 Å². The maximum Gasteiger partial charge on any atom is 0.278 e. The van der Waals surface area contributed by atoms with E-state index >= 15 is 0 Å². The average molecular weight is 363 g/mol. The Morgan fingerprint density at radius 2 is 1.78 bits per heavy atom. The van der Waals surface area contributed by atoms with Gasteiger partial charge in [0.05, 0.1) is 11.9 Å². The van der Waals surface area contributed by atoms with E-state index in [0.717, 1.165) is 50.4 Å². The molecule has 0 bridgehead atoms. The number of rotatable bonds is 5. The minimum Gasteiger partial charge on any atom is -0.332 e. The fraction of sp³-hybridized carbons (Fsp3) is 0.429. The Morgan fingerprint density at radius 3 is 2.44 bits per heavy atom. The molecule has 0 atom stereocenters. The van der Waals surface area contributed by atoms with Crippen LogP contribution in [0.3, 0.4) is 0 Å². The monoisotopic (exact) mass is 363 g/mol. The van der Waals surface area contributed by atoms with Crippen LogP contribution in [0, 0.1) is 6.92 Å². The summed E-state index contributed by atoms with van der Waals surface area (Å²) in [6, 6.07) is 8.96. The Labute approximate surface area is 159 Å². The molecule has 0 spiro atoms. The molecule has 0 radical (unpaired) electrons. The first-order valence-electron chi connectivity index (χ1n) is 9.64. The van der Waals surface area contributed by atoms with Crippen molar-refractivity contribution in [3.8, 4) is 11.6 Å². The quantitative estimate of drug-likeness (QED) is 0.687. The van der Waals surface area contributed by atoms with Crippen LogP contribution in [0.25, 0.3) is 11.6 Å². The van der Waals surface area contributed by atoms with Gasteiger partial charge in [-0.25, -0.2) is 4.98 Å². The molecular weight excluding hydrogens is 338 g/mol. The molecule has 27 heavy (non-hydrogen) atoms. The molecule has 3 aromatic rings. The molecule has 1 aliphatic heterocycles. The zero-order valence-corrected chi connectivity index (χ0v) is 15.9. The molecule has 1 fully saturated rings. The SMILES string of the molecule is CCc1ccc(CN2CCC(c3noc(-c4cnc(C)cn4)n3)CC2)cc1. The number of hydrogen-bond acceptors (Lipinski definition) is 6. The van der Waals surface area contributed by atoms with Gasteiger partial charge >= 0.3 is 0 Å². The molecule has 4 rings (SSSR count). The zero-order chi connectivity index (χ0) is 18.6. The van der Waals surface area contributed by atoms with Gasteiger partial charge in [-0.3, -0.25) is 9.88 Å². The van der Waals surface area contributed by atoms with Crippen molar-refractivity contribution in [2.24, 2.45) is 0 Å². The lowest BCUT2D eigenvalue weighted by atomic mass is 9.95. The number of piperidine rings is 1. The van der Waals surface area contributed by atoms with Gasteiger partial charge in [0.2, 0.25) is 0 Å². The minimum absolute atomic E-state index is 0.347. The van der Waals surface area contributed by atoms with Crippen molar-refractivity contribution in [3.05, 3.63) is 59.3 Å². The maximum atomic E-state index is 5.41. The number of aryl methyl sites for hydroxylation is 2. The first kappa shape index (κ1) is 17.8. The van der Waals surface area contributed by atoms with Crippen LogP contribution in [0.5, 0.6) is 0 Å². The number of hydrogen-bond donors (Lipinski definition) is 0. The summed E-state index contributed by atoms with van der Waals surface area (Å²) in [6.07, 6.45) is 6.58. The van der Waals surface area contributed by atoms with Crippen LogP contribution >= 0.6 is 0 Å². The predicted molar refractivity (Wildman–Crippen MR) is 103 cm³/mol. The second-order valence-corrected chi connectivity index (χ2v) is 7.22. The molecule has 0 unspecified atom stereocenters. The Bertz CT molecular complexity index is 864. The molecule has 6 heteroatoms. The molecule has 6 nitrogen and oxygen atoms in total. The van der Waals surface area contributed by atoms with E-state index in [2.05, 4.69) is 56.2 Å². The van der Waals surface area contributed by atoms with E-state index in [9.17, 15) is 0 Å². The third-order valence-electron chi connectivity index (χ3n) is 5.23. The van der Waals surface area contributed by atoms with Gasteiger partial charge in [0, 0.05) is 18.7 Å². The summed E-state index contributed by atoms with van der Waals surface area (Å²) < 4.78 is 5.41. The smallest absolute Gasteiger partial charge is 0.278 e. The minimum atomic E-state index is 0.347. The Balaban J connectivity index is 1.34. The number of aromatic nitrogens is 4. The van der Waals surface area contributed by atoms with Gasteiger partial charge in [-0.2, -0.15) is 4.98 Å². The summed E-state index contributed by atoms with van der Waals surface area (Å²) in [6.45, 7) is 7.20. The molecule has 1 aromatic carbocycles. The van der Waals surface area contributed by atoms with E-state index in [4.69, 9.17) is 4.52 Å². The topological polar surface area (TPSA) is 67.9 Å². The van der Waals surface area contributed by atoms with Crippen molar-refractivity contribution in [2.45, 2.75) is 45.6 Å². The molecule has 2 aromatic heterocycles. The molecule has 1 aliphatic rings. The third-order valence-corrected chi connectivity index (χ3v) is 5.23. The highest BCUT2D eigenvalue weighted by molar-refractivity contribution is 5.44. The van der Waals surface area contributed by atoms with Crippen molar-refractivity contribution in [3.63, 3.8) is 0 Å². The summed E-state index contributed by atoms with van der Waals surface area (Å²) in [5, 5.41) is 4.19. The van der Waals surface area contributed by atoms with Gasteiger partial charge in [-0.05, 0) is 50.4 Å². The first-order valence-corrected chi connectivity index (χ1v) is 9.64. The number of nitrogens with zero attached hydrogens (tertiary/aromatic N) is 5. The highest BCUT2D eigenvalue weighted by Gasteiger charge is 2.25. The second kappa shape index (κ2) is 7.96. The molecule has 1 saturated heterocycles. The van der Waals surface area contributed by atoms with Crippen LogP contribution in [0.1, 0.15) is 48.3 Å². The first-order chi connectivity index (χ1) is 13.2. The van der Waals surface area contributed by atoms with E-state index in [1.54, 1.807) is 12.4 Å². The second-order valence-electron chi connectivity index (χ2n) is 7.22. The van der Waals surface area contributed by atoms with E-state index in [1.165, 1.54) is 11.1 Å². The fourth-order valence-corrected chi connectivity index (χ4v) is 3.50. The molecule has 0 saturated carbocycles. The number of likely N-dealkylation sites (tertiary alicyclic amines) is 1. The average Bonchev–Trinajstić information content (AvgIpc) is 3.20.